The van der Waals surface area contributed by atoms with Crippen LogP contribution in [0.5, 0.6) is 0 Å². The van der Waals surface area contributed by atoms with Crippen molar-refractivity contribution in [2.75, 3.05) is 0 Å². The summed E-state index contributed by atoms with van der Waals surface area (Å²) in [7, 11) is 0. The summed E-state index contributed by atoms with van der Waals surface area (Å²) in [5.41, 5.74) is 0. The van der Waals surface area contributed by atoms with Gasteiger partial charge in [0.1, 0.15) is 0 Å². The van der Waals surface area contributed by atoms with Crippen molar-refractivity contribution in [1.29, 1.82) is 0 Å². The zero-order valence-electron chi connectivity index (χ0n) is 7.35. The molecule has 66 valence electrons. The fourth-order valence-corrected chi connectivity index (χ4v) is 3.32. The third-order valence-corrected chi connectivity index (χ3v) is 4.20. The highest BCUT2D eigenvalue weighted by Crippen LogP contribution is 2.34. The monoisotopic (exact) mass is 192 g/mol. The van der Waals surface area contributed by atoms with Gasteiger partial charge in [-0.3, -0.25) is 0 Å². The highest BCUT2D eigenvalue weighted by Gasteiger charge is 2.23. The Labute approximate surface area is 79.1 Å². The van der Waals surface area contributed by atoms with Crippen LogP contribution in [0.15, 0.2) is 0 Å². The minimum Gasteiger partial charge on any atom is -0.154 e. The Balaban J connectivity index is 2.29. The first-order valence-electron chi connectivity index (χ1n) is 4.49. The van der Waals surface area contributed by atoms with Gasteiger partial charge in [-0.2, -0.15) is 11.8 Å². The molecule has 11 heavy (non-hydrogen) atoms. The van der Waals surface area contributed by atoms with E-state index in [1.165, 1.54) is 25.7 Å². The Morgan fingerprint density at radius 2 is 1.91 bits per heavy atom. The number of rotatable bonds is 2. The molecular weight excluding hydrogens is 176 g/mol. The molecule has 2 atom stereocenters. The first-order valence-corrected chi connectivity index (χ1v) is 5.87. The highest BCUT2D eigenvalue weighted by atomic mass is 35.5. The molecule has 0 amide bonds. The third-order valence-electron chi connectivity index (χ3n) is 2.07. The molecule has 0 aliphatic heterocycles. The summed E-state index contributed by atoms with van der Waals surface area (Å²) in [6.45, 7) is 4.51. The van der Waals surface area contributed by atoms with Gasteiger partial charge in [-0.1, -0.05) is 26.7 Å². The van der Waals surface area contributed by atoms with Crippen molar-refractivity contribution < 1.29 is 0 Å². The van der Waals surface area contributed by atoms with Crippen molar-refractivity contribution in [2.24, 2.45) is 0 Å². The summed E-state index contributed by atoms with van der Waals surface area (Å²) in [6, 6.07) is 0. The molecular formula is C9H17ClS. The summed E-state index contributed by atoms with van der Waals surface area (Å²) in [6.07, 6.45) is 5.28. The second-order valence-corrected chi connectivity index (χ2v) is 5.90. The van der Waals surface area contributed by atoms with Crippen molar-refractivity contribution in [1.82, 2.24) is 0 Å². The molecule has 0 radical (unpaired) electrons. The summed E-state index contributed by atoms with van der Waals surface area (Å²) < 4.78 is 0. The first kappa shape index (κ1) is 9.73. The molecule has 0 bridgehead atoms. The Morgan fingerprint density at radius 1 is 1.27 bits per heavy atom. The molecule has 1 rings (SSSR count). The quantitative estimate of drug-likeness (QED) is 0.602. The molecule has 2 unspecified atom stereocenters. The Bertz CT molecular complexity index is 114. The van der Waals surface area contributed by atoms with Crippen LogP contribution in [0, 0.1) is 0 Å². The van der Waals surface area contributed by atoms with Crippen LogP contribution in [0.3, 0.4) is 0 Å². The normalized spacial score (nSPS) is 32.7. The van der Waals surface area contributed by atoms with Gasteiger partial charge in [0.15, 0.2) is 0 Å². The molecule has 0 aromatic carbocycles. The van der Waals surface area contributed by atoms with Gasteiger partial charge in [0.05, 0.1) is 0 Å². The van der Waals surface area contributed by atoms with Crippen molar-refractivity contribution in [3.8, 4) is 0 Å². The van der Waals surface area contributed by atoms with Crippen LogP contribution in [-0.2, 0) is 0 Å². The van der Waals surface area contributed by atoms with Crippen LogP contribution in [0.1, 0.15) is 39.5 Å². The van der Waals surface area contributed by atoms with Crippen LogP contribution in [0.2, 0.25) is 0 Å². The Kier molecular flexibility index (Phi) is 4.08. The fraction of sp³-hybridized carbons (Fsp3) is 1.00. The van der Waals surface area contributed by atoms with E-state index in [0.717, 1.165) is 10.5 Å². The van der Waals surface area contributed by atoms with Crippen LogP contribution in [0.25, 0.3) is 0 Å². The predicted octanol–water partition coefficient (Wildman–Crippen LogP) is 3.68. The lowest BCUT2D eigenvalue weighted by Gasteiger charge is -2.27. The molecule has 0 spiro atoms. The van der Waals surface area contributed by atoms with Crippen molar-refractivity contribution in [3.63, 3.8) is 0 Å². The van der Waals surface area contributed by atoms with E-state index in [4.69, 9.17) is 11.6 Å². The lowest BCUT2D eigenvalue weighted by molar-refractivity contribution is 0.522. The lowest BCUT2D eigenvalue weighted by Crippen LogP contribution is -2.23. The minimum atomic E-state index is 0.441. The average Bonchev–Trinajstić information content (AvgIpc) is 1.93. The zero-order valence-corrected chi connectivity index (χ0v) is 8.92. The summed E-state index contributed by atoms with van der Waals surface area (Å²) >= 11 is 8.26. The van der Waals surface area contributed by atoms with E-state index in [9.17, 15) is 0 Å². The van der Waals surface area contributed by atoms with E-state index in [1.807, 2.05) is 0 Å². The molecule has 1 aliphatic rings. The summed E-state index contributed by atoms with van der Waals surface area (Å²) in [5.74, 6) is 0. The minimum absolute atomic E-state index is 0.441. The van der Waals surface area contributed by atoms with Gasteiger partial charge in [-0.05, 0) is 18.1 Å². The van der Waals surface area contributed by atoms with E-state index in [2.05, 4.69) is 25.6 Å². The molecule has 1 saturated carbocycles. The SMILES string of the molecule is CC(C)SC1CCCCC1Cl. The van der Waals surface area contributed by atoms with Crippen molar-refractivity contribution >= 4 is 23.4 Å². The van der Waals surface area contributed by atoms with Crippen LogP contribution in [0.4, 0.5) is 0 Å². The molecule has 1 fully saturated rings. The number of halogens is 1. The standard InChI is InChI=1S/C9H17ClS/c1-7(2)11-9-6-4-3-5-8(9)10/h7-9H,3-6H2,1-2H3. The van der Waals surface area contributed by atoms with Crippen LogP contribution >= 0.6 is 23.4 Å². The van der Waals surface area contributed by atoms with Crippen LogP contribution in [-0.4, -0.2) is 15.9 Å². The van der Waals surface area contributed by atoms with Gasteiger partial charge >= 0.3 is 0 Å². The van der Waals surface area contributed by atoms with Gasteiger partial charge in [0, 0.05) is 10.6 Å². The predicted molar refractivity (Wildman–Crippen MR) is 54.6 cm³/mol. The van der Waals surface area contributed by atoms with Gasteiger partial charge < -0.3 is 0 Å². The maximum absolute atomic E-state index is 6.21. The number of alkyl halides is 1. The van der Waals surface area contributed by atoms with Gasteiger partial charge in [0.2, 0.25) is 0 Å². The van der Waals surface area contributed by atoms with Gasteiger partial charge in [0.25, 0.3) is 0 Å². The van der Waals surface area contributed by atoms with Crippen molar-refractivity contribution in [3.05, 3.63) is 0 Å². The fourth-order valence-electron chi connectivity index (χ4n) is 1.55. The van der Waals surface area contributed by atoms with E-state index in [-0.39, 0.29) is 0 Å². The maximum Gasteiger partial charge on any atom is 0.0454 e. The second kappa shape index (κ2) is 4.61. The highest BCUT2D eigenvalue weighted by molar-refractivity contribution is 8.00. The van der Waals surface area contributed by atoms with E-state index < -0.39 is 0 Å². The molecule has 0 heterocycles. The number of hydrogen-bond acceptors (Lipinski definition) is 1. The molecule has 0 nitrogen and oxygen atoms in total. The van der Waals surface area contributed by atoms with Gasteiger partial charge in [-0.15, -0.1) is 11.6 Å². The Morgan fingerprint density at radius 3 is 2.45 bits per heavy atom. The first-order chi connectivity index (χ1) is 5.20. The van der Waals surface area contributed by atoms with E-state index in [1.54, 1.807) is 0 Å². The molecule has 0 aromatic heterocycles. The van der Waals surface area contributed by atoms with Crippen LogP contribution < -0.4 is 0 Å². The summed E-state index contributed by atoms with van der Waals surface area (Å²) in [4.78, 5) is 0. The molecule has 1 aliphatic carbocycles. The Hall–Kier alpha value is 0.640. The number of thioether (sulfide) groups is 1. The largest absolute Gasteiger partial charge is 0.154 e. The third kappa shape index (κ3) is 3.25. The maximum atomic E-state index is 6.21. The van der Waals surface area contributed by atoms with Crippen molar-refractivity contribution in [2.45, 2.75) is 55.4 Å². The molecule has 0 N–H and O–H groups in total. The zero-order chi connectivity index (χ0) is 8.27. The lowest BCUT2D eigenvalue weighted by atomic mass is 10.00. The average molecular weight is 193 g/mol. The second-order valence-electron chi connectivity index (χ2n) is 3.52. The number of hydrogen-bond donors (Lipinski definition) is 0. The van der Waals surface area contributed by atoms with Gasteiger partial charge in [-0.25, -0.2) is 0 Å². The van der Waals surface area contributed by atoms with E-state index >= 15 is 0 Å². The summed E-state index contributed by atoms with van der Waals surface area (Å²) in [5, 5.41) is 1.90. The molecule has 0 aromatic rings. The molecule has 0 saturated heterocycles. The smallest absolute Gasteiger partial charge is 0.0454 e. The van der Waals surface area contributed by atoms with E-state index in [0.29, 0.717) is 5.38 Å². The topological polar surface area (TPSA) is 0 Å². The molecule has 2 heteroatoms.